The minimum absolute atomic E-state index is 0.431. The topological polar surface area (TPSA) is 36.9 Å². The Morgan fingerprint density at radius 3 is 2.72 bits per heavy atom. The molecule has 1 N–H and O–H groups in total. The molecule has 1 aliphatic carbocycles. The van der Waals surface area contributed by atoms with Gasteiger partial charge in [0.1, 0.15) is 0 Å². The molecular formula is C14H27N3O. The van der Waals surface area contributed by atoms with Crippen molar-refractivity contribution in [3.8, 4) is 0 Å². The van der Waals surface area contributed by atoms with Crippen LogP contribution in [0.1, 0.15) is 38.5 Å². The second kappa shape index (κ2) is 6.41. The molecule has 0 aromatic heterocycles. The van der Waals surface area contributed by atoms with Crippen LogP contribution in [0.2, 0.25) is 0 Å². The molecule has 1 saturated carbocycles. The third kappa shape index (κ3) is 3.37. The molecule has 1 aliphatic heterocycles. The Morgan fingerprint density at radius 1 is 1.33 bits per heavy atom. The second-order valence-electron chi connectivity index (χ2n) is 5.78. The van der Waals surface area contributed by atoms with Gasteiger partial charge < -0.3 is 15.0 Å². The quantitative estimate of drug-likeness (QED) is 0.812. The van der Waals surface area contributed by atoms with Crippen molar-refractivity contribution in [2.75, 3.05) is 40.4 Å². The van der Waals surface area contributed by atoms with Gasteiger partial charge in [0, 0.05) is 33.9 Å². The highest BCUT2D eigenvalue weighted by Gasteiger charge is 2.32. The predicted molar refractivity (Wildman–Crippen MR) is 74.9 cm³/mol. The van der Waals surface area contributed by atoms with Crippen LogP contribution in [0.4, 0.5) is 0 Å². The highest BCUT2D eigenvalue weighted by atomic mass is 16.5. The summed E-state index contributed by atoms with van der Waals surface area (Å²) in [6, 6.07) is 0. The van der Waals surface area contributed by atoms with Crippen molar-refractivity contribution in [1.29, 1.82) is 0 Å². The third-order valence-corrected chi connectivity index (χ3v) is 4.43. The highest BCUT2D eigenvalue weighted by molar-refractivity contribution is 5.81. The molecule has 4 heteroatoms. The number of guanidine groups is 1. The molecule has 0 radical (unpaired) electrons. The average molecular weight is 253 g/mol. The molecule has 104 valence electrons. The molecule has 0 aromatic rings. The molecule has 0 aromatic carbocycles. The first-order chi connectivity index (χ1) is 8.76. The maximum absolute atomic E-state index is 5.29. The van der Waals surface area contributed by atoms with Crippen LogP contribution in [-0.4, -0.2) is 51.3 Å². The van der Waals surface area contributed by atoms with Gasteiger partial charge in [0.15, 0.2) is 5.96 Å². The Labute approximate surface area is 111 Å². The van der Waals surface area contributed by atoms with Crippen molar-refractivity contribution in [3.05, 3.63) is 0 Å². The Morgan fingerprint density at radius 2 is 2.11 bits per heavy atom. The molecule has 18 heavy (non-hydrogen) atoms. The summed E-state index contributed by atoms with van der Waals surface area (Å²) >= 11 is 0. The smallest absolute Gasteiger partial charge is 0.193 e. The van der Waals surface area contributed by atoms with Gasteiger partial charge >= 0.3 is 0 Å². The number of nitrogens with zero attached hydrogens (tertiary/aromatic N) is 2. The molecule has 0 unspecified atom stereocenters. The summed E-state index contributed by atoms with van der Waals surface area (Å²) in [5.41, 5.74) is 0.431. The average Bonchev–Trinajstić information content (AvgIpc) is 2.81. The lowest BCUT2D eigenvalue weighted by molar-refractivity contribution is 0.104. The Bertz CT molecular complexity index is 285. The summed E-state index contributed by atoms with van der Waals surface area (Å²) in [7, 11) is 3.92. The van der Waals surface area contributed by atoms with E-state index in [4.69, 9.17) is 4.74 Å². The molecule has 0 atom stereocenters. The lowest BCUT2D eigenvalue weighted by Crippen LogP contribution is -2.43. The van der Waals surface area contributed by atoms with Crippen molar-refractivity contribution in [2.45, 2.75) is 38.5 Å². The first-order valence-electron chi connectivity index (χ1n) is 7.24. The van der Waals surface area contributed by atoms with Crippen molar-refractivity contribution in [1.82, 2.24) is 10.2 Å². The SMILES string of the molecule is COCCC1(CNC2=NCCN2C)CCCCC1. The van der Waals surface area contributed by atoms with E-state index in [0.717, 1.165) is 32.2 Å². The monoisotopic (exact) mass is 253 g/mol. The fourth-order valence-corrected chi connectivity index (χ4v) is 3.13. The van der Waals surface area contributed by atoms with Crippen LogP contribution >= 0.6 is 0 Å². The van der Waals surface area contributed by atoms with Crippen LogP contribution in [0.3, 0.4) is 0 Å². The van der Waals surface area contributed by atoms with Crippen molar-refractivity contribution >= 4 is 5.96 Å². The molecule has 2 aliphatic rings. The zero-order valence-electron chi connectivity index (χ0n) is 11.9. The number of aliphatic imine (C=N–C) groups is 1. The standard InChI is InChI=1S/C14H27N3O/c1-17-10-9-15-13(17)16-12-14(8-11-18-2)6-4-3-5-7-14/h3-12H2,1-2H3,(H,15,16). The van der Waals surface area contributed by atoms with E-state index in [1.54, 1.807) is 7.11 Å². The van der Waals surface area contributed by atoms with E-state index in [9.17, 15) is 0 Å². The van der Waals surface area contributed by atoms with E-state index < -0.39 is 0 Å². The van der Waals surface area contributed by atoms with Crippen molar-refractivity contribution < 1.29 is 4.74 Å². The molecule has 2 rings (SSSR count). The summed E-state index contributed by atoms with van der Waals surface area (Å²) in [6.45, 7) is 3.92. The number of hydrogen-bond donors (Lipinski definition) is 1. The fourth-order valence-electron chi connectivity index (χ4n) is 3.13. The lowest BCUT2D eigenvalue weighted by atomic mass is 9.72. The Balaban J connectivity index is 1.88. The maximum atomic E-state index is 5.29. The lowest BCUT2D eigenvalue weighted by Gasteiger charge is -2.38. The maximum Gasteiger partial charge on any atom is 0.193 e. The molecule has 4 nitrogen and oxygen atoms in total. The largest absolute Gasteiger partial charge is 0.385 e. The van der Waals surface area contributed by atoms with Crippen LogP contribution in [0.5, 0.6) is 0 Å². The minimum Gasteiger partial charge on any atom is -0.385 e. The van der Waals surface area contributed by atoms with E-state index >= 15 is 0 Å². The van der Waals surface area contributed by atoms with Crippen LogP contribution in [0.25, 0.3) is 0 Å². The molecule has 0 bridgehead atoms. The third-order valence-electron chi connectivity index (χ3n) is 4.43. The van der Waals surface area contributed by atoms with Gasteiger partial charge in [0.05, 0.1) is 6.54 Å². The molecule has 0 spiro atoms. The van der Waals surface area contributed by atoms with Crippen molar-refractivity contribution in [3.63, 3.8) is 0 Å². The highest BCUT2D eigenvalue weighted by Crippen LogP contribution is 2.38. The summed E-state index contributed by atoms with van der Waals surface area (Å²) < 4.78 is 5.29. The molecule has 0 saturated heterocycles. The molecule has 1 heterocycles. The van der Waals surface area contributed by atoms with Crippen molar-refractivity contribution in [2.24, 2.45) is 10.4 Å². The predicted octanol–water partition coefficient (Wildman–Crippen LogP) is 1.86. The van der Waals surface area contributed by atoms with Gasteiger partial charge in [0.2, 0.25) is 0 Å². The van der Waals surface area contributed by atoms with Gasteiger partial charge in [-0.1, -0.05) is 19.3 Å². The van der Waals surface area contributed by atoms with Crippen LogP contribution in [0, 0.1) is 5.41 Å². The van der Waals surface area contributed by atoms with E-state index in [1.165, 1.54) is 38.5 Å². The minimum atomic E-state index is 0.431. The summed E-state index contributed by atoms with van der Waals surface area (Å²) in [4.78, 5) is 6.73. The zero-order chi connectivity index (χ0) is 12.8. The number of rotatable bonds is 5. The summed E-state index contributed by atoms with van der Waals surface area (Å²) in [5, 5.41) is 3.57. The fraction of sp³-hybridized carbons (Fsp3) is 0.929. The van der Waals surface area contributed by atoms with Gasteiger partial charge in [0.25, 0.3) is 0 Å². The van der Waals surface area contributed by atoms with E-state index in [-0.39, 0.29) is 0 Å². The normalized spacial score (nSPS) is 23.0. The van der Waals surface area contributed by atoms with Gasteiger partial charge in [-0.15, -0.1) is 0 Å². The van der Waals surface area contributed by atoms with Crippen LogP contribution < -0.4 is 5.32 Å². The number of hydrogen-bond acceptors (Lipinski definition) is 4. The summed E-state index contributed by atoms with van der Waals surface area (Å²) in [5.74, 6) is 1.08. The van der Waals surface area contributed by atoms with Gasteiger partial charge in [-0.25, -0.2) is 0 Å². The number of likely N-dealkylation sites (N-methyl/N-ethyl adjacent to an activating group) is 1. The van der Waals surface area contributed by atoms with Gasteiger partial charge in [-0.3, -0.25) is 4.99 Å². The first kappa shape index (κ1) is 13.7. The second-order valence-corrected chi connectivity index (χ2v) is 5.78. The number of ether oxygens (including phenoxy) is 1. The number of nitrogens with one attached hydrogen (secondary N) is 1. The number of methoxy groups -OCH3 is 1. The molecular weight excluding hydrogens is 226 g/mol. The van der Waals surface area contributed by atoms with Gasteiger partial charge in [-0.05, 0) is 24.7 Å². The Kier molecular flexibility index (Phi) is 4.87. The molecule has 0 amide bonds. The molecule has 1 fully saturated rings. The van der Waals surface area contributed by atoms with E-state index in [2.05, 4.69) is 22.3 Å². The Hall–Kier alpha value is -0.770. The zero-order valence-corrected chi connectivity index (χ0v) is 11.9. The summed E-state index contributed by atoms with van der Waals surface area (Å²) in [6.07, 6.45) is 7.98. The van der Waals surface area contributed by atoms with E-state index in [0.29, 0.717) is 5.41 Å². The van der Waals surface area contributed by atoms with Gasteiger partial charge in [-0.2, -0.15) is 0 Å². The van der Waals surface area contributed by atoms with E-state index in [1.807, 2.05) is 0 Å². The van der Waals surface area contributed by atoms with Crippen LogP contribution in [-0.2, 0) is 4.74 Å². The first-order valence-corrected chi connectivity index (χ1v) is 7.24. The van der Waals surface area contributed by atoms with Crippen LogP contribution in [0.15, 0.2) is 4.99 Å².